The molecule has 0 spiro atoms. The number of aromatic nitrogens is 2. The molecular formula is C18H24N4O. The van der Waals surface area contributed by atoms with E-state index in [0.717, 1.165) is 43.4 Å². The van der Waals surface area contributed by atoms with E-state index in [1.165, 1.54) is 5.56 Å². The van der Waals surface area contributed by atoms with Crippen LogP contribution in [-0.4, -0.2) is 23.1 Å². The van der Waals surface area contributed by atoms with E-state index in [0.29, 0.717) is 17.4 Å². The van der Waals surface area contributed by atoms with Crippen molar-refractivity contribution in [2.45, 2.75) is 33.6 Å². The molecule has 0 saturated carbocycles. The summed E-state index contributed by atoms with van der Waals surface area (Å²) in [5, 5.41) is 0. The SMILES string of the molecule is Cc1ccc(Oc2nc(C)nc(N3CCC(C)CC3)c2N)cc1. The highest BCUT2D eigenvalue weighted by Gasteiger charge is 2.22. The van der Waals surface area contributed by atoms with Gasteiger partial charge >= 0.3 is 0 Å². The minimum absolute atomic E-state index is 0.440. The maximum atomic E-state index is 6.30. The van der Waals surface area contributed by atoms with E-state index >= 15 is 0 Å². The summed E-state index contributed by atoms with van der Waals surface area (Å²) in [6.07, 6.45) is 2.33. The number of piperidine rings is 1. The Balaban J connectivity index is 1.87. The lowest BCUT2D eigenvalue weighted by Gasteiger charge is -2.32. The molecule has 1 fully saturated rings. The van der Waals surface area contributed by atoms with Crippen LogP contribution in [0.2, 0.25) is 0 Å². The van der Waals surface area contributed by atoms with Gasteiger partial charge in [0, 0.05) is 13.1 Å². The topological polar surface area (TPSA) is 64.3 Å². The number of nitrogens with zero attached hydrogens (tertiary/aromatic N) is 3. The van der Waals surface area contributed by atoms with Gasteiger partial charge in [0.15, 0.2) is 5.82 Å². The summed E-state index contributed by atoms with van der Waals surface area (Å²) >= 11 is 0. The fourth-order valence-electron chi connectivity index (χ4n) is 2.80. The Morgan fingerprint density at radius 2 is 1.74 bits per heavy atom. The Morgan fingerprint density at radius 1 is 1.09 bits per heavy atom. The number of benzene rings is 1. The van der Waals surface area contributed by atoms with Crippen LogP contribution in [0.5, 0.6) is 11.6 Å². The molecule has 0 unspecified atom stereocenters. The van der Waals surface area contributed by atoms with Gasteiger partial charge in [-0.25, -0.2) is 4.98 Å². The molecule has 5 nitrogen and oxygen atoms in total. The molecule has 0 aliphatic carbocycles. The molecule has 122 valence electrons. The molecule has 2 heterocycles. The van der Waals surface area contributed by atoms with Gasteiger partial charge in [0.05, 0.1) is 0 Å². The number of anilines is 2. The molecule has 5 heteroatoms. The number of ether oxygens (including phenoxy) is 1. The first-order valence-corrected chi connectivity index (χ1v) is 8.16. The van der Waals surface area contributed by atoms with Crippen LogP contribution in [0.25, 0.3) is 0 Å². The van der Waals surface area contributed by atoms with Crippen LogP contribution in [0.4, 0.5) is 11.5 Å². The van der Waals surface area contributed by atoms with Gasteiger partial charge in [-0.2, -0.15) is 4.98 Å². The third-order valence-electron chi connectivity index (χ3n) is 4.32. The van der Waals surface area contributed by atoms with Crippen LogP contribution in [0.15, 0.2) is 24.3 Å². The molecule has 1 aliphatic rings. The monoisotopic (exact) mass is 312 g/mol. The first-order valence-electron chi connectivity index (χ1n) is 8.16. The predicted molar refractivity (Wildman–Crippen MR) is 93.0 cm³/mol. The minimum atomic E-state index is 0.440. The quantitative estimate of drug-likeness (QED) is 0.936. The summed E-state index contributed by atoms with van der Waals surface area (Å²) in [7, 11) is 0. The molecule has 0 amide bonds. The fraction of sp³-hybridized carbons (Fsp3) is 0.444. The van der Waals surface area contributed by atoms with Crippen LogP contribution in [-0.2, 0) is 0 Å². The van der Waals surface area contributed by atoms with Crippen molar-refractivity contribution >= 4 is 11.5 Å². The van der Waals surface area contributed by atoms with Crippen LogP contribution >= 0.6 is 0 Å². The number of hydrogen-bond donors (Lipinski definition) is 1. The lowest BCUT2D eigenvalue weighted by molar-refractivity contribution is 0.434. The Hall–Kier alpha value is -2.30. The highest BCUT2D eigenvalue weighted by molar-refractivity contribution is 5.68. The van der Waals surface area contributed by atoms with Crippen molar-refractivity contribution in [3.05, 3.63) is 35.7 Å². The van der Waals surface area contributed by atoms with E-state index in [1.54, 1.807) is 0 Å². The number of rotatable bonds is 3. The Kier molecular flexibility index (Phi) is 4.37. The molecule has 3 rings (SSSR count). The zero-order chi connectivity index (χ0) is 16.4. The lowest BCUT2D eigenvalue weighted by Crippen LogP contribution is -2.34. The summed E-state index contributed by atoms with van der Waals surface area (Å²) in [5.41, 5.74) is 8.01. The van der Waals surface area contributed by atoms with E-state index in [1.807, 2.05) is 38.1 Å². The van der Waals surface area contributed by atoms with Crippen LogP contribution < -0.4 is 15.4 Å². The second kappa shape index (κ2) is 6.44. The molecular weight excluding hydrogens is 288 g/mol. The van der Waals surface area contributed by atoms with Crippen molar-refractivity contribution in [3.63, 3.8) is 0 Å². The zero-order valence-corrected chi connectivity index (χ0v) is 14.0. The Bertz CT molecular complexity index is 676. The number of nitrogen functional groups attached to an aromatic ring is 1. The van der Waals surface area contributed by atoms with E-state index in [-0.39, 0.29) is 0 Å². The molecule has 23 heavy (non-hydrogen) atoms. The van der Waals surface area contributed by atoms with Gasteiger partial charge in [0.1, 0.15) is 17.3 Å². The summed E-state index contributed by atoms with van der Waals surface area (Å²) in [4.78, 5) is 11.2. The van der Waals surface area contributed by atoms with Gasteiger partial charge in [-0.05, 0) is 44.7 Å². The van der Waals surface area contributed by atoms with Crippen LogP contribution in [0.1, 0.15) is 31.2 Å². The standard InChI is InChI=1S/C18H24N4O/c1-12-4-6-15(7-5-12)23-18-16(19)17(20-14(3)21-18)22-10-8-13(2)9-11-22/h4-7,13H,8-11,19H2,1-3H3. The van der Waals surface area contributed by atoms with Crippen molar-refractivity contribution < 1.29 is 4.74 Å². The van der Waals surface area contributed by atoms with Crippen LogP contribution in [0.3, 0.4) is 0 Å². The molecule has 0 bridgehead atoms. The molecule has 2 aromatic rings. The first-order chi connectivity index (χ1) is 11.0. The smallest absolute Gasteiger partial charge is 0.248 e. The third kappa shape index (κ3) is 3.55. The maximum absolute atomic E-state index is 6.30. The van der Waals surface area contributed by atoms with Crippen molar-refractivity contribution in [3.8, 4) is 11.6 Å². The van der Waals surface area contributed by atoms with Crippen molar-refractivity contribution in [1.82, 2.24) is 9.97 Å². The molecule has 2 N–H and O–H groups in total. The number of hydrogen-bond acceptors (Lipinski definition) is 5. The fourth-order valence-corrected chi connectivity index (χ4v) is 2.80. The van der Waals surface area contributed by atoms with Gasteiger partial charge in [-0.15, -0.1) is 0 Å². The summed E-state index contributed by atoms with van der Waals surface area (Å²) in [6.45, 7) is 8.16. The average molecular weight is 312 g/mol. The lowest BCUT2D eigenvalue weighted by atomic mass is 9.99. The first kappa shape index (κ1) is 15.6. The maximum Gasteiger partial charge on any atom is 0.248 e. The van der Waals surface area contributed by atoms with Gasteiger partial charge in [0.25, 0.3) is 0 Å². The molecule has 1 aromatic carbocycles. The van der Waals surface area contributed by atoms with E-state index in [2.05, 4.69) is 21.8 Å². The number of nitrogens with two attached hydrogens (primary N) is 1. The highest BCUT2D eigenvalue weighted by Crippen LogP contribution is 2.34. The van der Waals surface area contributed by atoms with Gasteiger partial charge in [-0.1, -0.05) is 24.6 Å². The van der Waals surface area contributed by atoms with Gasteiger partial charge < -0.3 is 15.4 Å². The van der Waals surface area contributed by atoms with E-state index in [9.17, 15) is 0 Å². The molecule has 0 radical (unpaired) electrons. The average Bonchev–Trinajstić information content (AvgIpc) is 2.53. The highest BCUT2D eigenvalue weighted by atomic mass is 16.5. The van der Waals surface area contributed by atoms with Crippen molar-refractivity contribution in [2.24, 2.45) is 5.92 Å². The second-order valence-electron chi connectivity index (χ2n) is 6.40. The molecule has 0 atom stereocenters. The third-order valence-corrected chi connectivity index (χ3v) is 4.32. The summed E-state index contributed by atoms with van der Waals surface area (Å²) in [5.74, 6) is 3.41. The largest absolute Gasteiger partial charge is 0.437 e. The van der Waals surface area contributed by atoms with Crippen molar-refractivity contribution in [2.75, 3.05) is 23.7 Å². The van der Waals surface area contributed by atoms with Gasteiger partial charge in [0.2, 0.25) is 5.88 Å². The summed E-state index contributed by atoms with van der Waals surface area (Å²) < 4.78 is 5.89. The Morgan fingerprint density at radius 3 is 2.39 bits per heavy atom. The van der Waals surface area contributed by atoms with Crippen molar-refractivity contribution in [1.29, 1.82) is 0 Å². The predicted octanol–water partition coefficient (Wildman–Crippen LogP) is 3.70. The second-order valence-corrected chi connectivity index (χ2v) is 6.40. The molecule has 1 aliphatic heterocycles. The summed E-state index contributed by atoms with van der Waals surface area (Å²) in [6, 6.07) is 7.86. The van der Waals surface area contributed by atoms with Gasteiger partial charge in [-0.3, -0.25) is 0 Å². The Labute approximate surface area is 137 Å². The molecule has 1 saturated heterocycles. The normalized spacial score (nSPS) is 15.7. The number of aryl methyl sites for hydroxylation is 2. The van der Waals surface area contributed by atoms with E-state index < -0.39 is 0 Å². The zero-order valence-electron chi connectivity index (χ0n) is 14.0. The van der Waals surface area contributed by atoms with E-state index in [4.69, 9.17) is 10.5 Å². The van der Waals surface area contributed by atoms with Crippen LogP contribution in [0, 0.1) is 19.8 Å². The minimum Gasteiger partial charge on any atom is -0.437 e. The molecule has 1 aromatic heterocycles.